The number of primary amides is 1. The van der Waals surface area contributed by atoms with Crippen molar-refractivity contribution in [2.45, 2.75) is 63.1 Å². The van der Waals surface area contributed by atoms with Gasteiger partial charge >= 0.3 is 0 Å². The van der Waals surface area contributed by atoms with Crippen molar-refractivity contribution in [2.24, 2.45) is 23.5 Å². The maximum absolute atomic E-state index is 15.5. The summed E-state index contributed by atoms with van der Waals surface area (Å²) in [7, 11) is 3.17. The summed E-state index contributed by atoms with van der Waals surface area (Å²) < 4.78 is 15.5. The number of hydrogen-bond acceptors (Lipinski definition) is 9. The van der Waals surface area contributed by atoms with Gasteiger partial charge in [0, 0.05) is 29.2 Å². The normalized spacial score (nSPS) is 29.0. The van der Waals surface area contributed by atoms with Crippen LogP contribution in [-0.4, -0.2) is 75.0 Å². The van der Waals surface area contributed by atoms with Gasteiger partial charge in [-0.25, -0.2) is 4.39 Å². The summed E-state index contributed by atoms with van der Waals surface area (Å²) in [5, 5.41) is 56.9. The van der Waals surface area contributed by atoms with E-state index in [2.05, 4.69) is 5.32 Å². The zero-order valence-corrected chi connectivity index (χ0v) is 22.8. The number of fused-ring (bicyclic) bond motifs is 3. The lowest BCUT2D eigenvalue weighted by molar-refractivity contribution is -0.138. The van der Waals surface area contributed by atoms with Crippen molar-refractivity contribution in [3.63, 3.8) is 0 Å². The molecule has 0 aromatic heterocycles. The van der Waals surface area contributed by atoms with E-state index in [1.165, 1.54) is 30.2 Å². The Morgan fingerprint density at radius 1 is 1.23 bits per heavy atom. The smallest absolute Gasteiger partial charge is 0.254 e. The molecule has 0 saturated heterocycles. The number of phenolic OH excluding ortho intramolecular Hbond substituents is 1. The molecule has 4 aliphatic rings. The Hall–Kier alpha value is -3.28. The van der Waals surface area contributed by atoms with Crippen molar-refractivity contribution in [1.29, 1.82) is 5.41 Å². The maximum atomic E-state index is 15.5. The number of hydrogen-bond donors (Lipinski definition) is 7. The number of aromatic hydroxyl groups is 1. The van der Waals surface area contributed by atoms with Crippen LogP contribution in [0.1, 0.15) is 55.2 Å². The number of ketones is 1. The van der Waals surface area contributed by atoms with E-state index in [1.807, 2.05) is 0 Å². The third-order valence-electron chi connectivity index (χ3n) is 9.27. The lowest BCUT2D eigenvalue weighted by Crippen LogP contribution is -2.67. The second-order valence-electron chi connectivity index (χ2n) is 11.9. The van der Waals surface area contributed by atoms with Gasteiger partial charge in [0.2, 0.25) is 5.78 Å². The molecule has 1 aromatic carbocycles. The van der Waals surface area contributed by atoms with Gasteiger partial charge in [0.25, 0.3) is 5.91 Å². The summed E-state index contributed by atoms with van der Waals surface area (Å²) in [5.74, 6) is -5.66. The Morgan fingerprint density at radius 2 is 1.90 bits per heavy atom. The van der Waals surface area contributed by atoms with Crippen LogP contribution in [-0.2, 0) is 22.6 Å². The highest BCUT2D eigenvalue weighted by Crippen LogP contribution is 2.52. The molecule has 1 aromatic rings. The minimum absolute atomic E-state index is 0.00665. The number of carbonyl (C=O) groups excluding carboxylic acids is 2. The number of benzene rings is 1. The first-order chi connectivity index (χ1) is 18.9. The van der Waals surface area contributed by atoms with Gasteiger partial charge in [-0.1, -0.05) is 19.3 Å². The number of amides is 1. The van der Waals surface area contributed by atoms with Crippen molar-refractivity contribution in [3.05, 3.63) is 45.5 Å². The molecule has 8 N–H and O–H groups in total. The van der Waals surface area contributed by atoms with Crippen molar-refractivity contribution >= 4 is 23.2 Å². The van der Waals surface area contributed by atoms with E-state index >= 15 is 4.39 Å². The van der Waals surface area contributed by atoms with Crippen molar-refractivity contribution in [3.8, 4) is 5.75 Å². The van der Waals surface area contributed by atoms with Crippen LogP contribution in [0.2, 0.25) is 0 Å². The molecule has 4 atom stereocenters. The zero-order valence-electron chi connectivity index (χ0n) is 22.8. The molecule has 0 bridgehead atoms. The van der Waals surface area contributed by atoms with Crippen molar-refractivity contribution < 1.29 is 34.4 Å². The lowest BCUT2D eigenvalue weighted by Gasteiger charge is -2.51. The van der Waals surface area contributed by atoms with Crippen LogP contribution in [0.25, 0.3) is 5.76 Å². The van der Waals surface area contributed by atoms with Gasteiger partial charge < -0.3 is 36.9 Å². The number of nitrogens with one attached hydrogen (secondary N) is 2. The number of nitrogens with zero attached hydrogens (tertiary/aromatic N) is 1. The number of aliphatic hydroxyl groups excluding tert-OH is 2. The van der Waals surface area contributed by atoms with E-state index in [9.17, 15) is 30.0 Å². The second-order valence-corrected chi connectivity index (χ2v) is 11.9. The monoisotopic (exact) mass is 556 g/mol. The van der Waals surface area contributed by atoms with Gasteiger partial charge in [0.05, 0.1) is 17.3 Å². The summed E-state index contributed by atoms with van der Waals surface area (Å²) >= 11 is 0. The molecule has 0 spiro atoms. The first-order valence-corrected chi connectivity index (χ1v) is 13.8. The van der Waals surface area contributed by atoms with Crippen LogP contribution >= 0.6 is 0 Å². The molecule has 2 fully saturated rings. The molecule has 40 heavy (non-hydrogen) atoms. The van der Waals surface area contributed by atoms with Crippen LogP contribution in [0.5, 0.6) is 5.75 Å². The van der Waals surface area contributed by atoms with Gasteiger partial charge in [-0.15, -0.1) is 0 Å². The Balaban J connectivity index is 1.54. The summed E-state index contributed by atoms with van der Waals surface area (Å²) in [4.78, 5) is 27.6. The molecule has 2 saturated carbocycles. The van der Waals surface area contributed by atoms with Gasteiger partial charge in [0.1, 0.15) is 28.7 Å². The maximum Gasteiger partial charge on any atom is 0.254 e. The standard InChI is InChI=1S/C29H37FN4O6/c1-34(2)22-17-9-14-8-16-18(30)10-15(12-33-11-13-6-4-3-5-7-13)23(35)20(16)24(36)19(14)27(38)29(17,40)26(31)21(25(22)37)28(32)39/h10,13-14,17,22,31,33,35-37,40H,3-9,11-12H2,1-2H3,(H2,32,39)/t14-,17-,22-,29+/m0/s1. The number of phenols is 1. The minimum atomic E-state index is -2.57. The average molecular weight is 557 g/mol. The van der Waals surface area contributed by atoms with Gasteiger partial charge in [-0.3, -0.25) is 14.5 Å². The van der Waals surface area contributed by atoms with E-state index in [0.29, 0.717) is 5.92 Å². The molecular weight excluding hydrogens is 519 g/mol. The van der Waals surface area contributed by atoms with E-state index < -0.39 is 63.8 Å². The summed E-state index contributed by atoms with van der Waals surface area (Å²) in [6.07, 6.45) is 5.78. The van der Waals surface area contributed by atoms with Crippen LogP contribution in [0, 0.1) is 29.0 Å². The predicted octanol–water partition coefficient (Wildman–Crippen LogP) is 2.22. The first-order valence-electron chi connectivity index (χ1n) is 13.8. The van der Waals surface area contributed by atoms with Crippen LogP contribution in [0.4, 0.5) is 4.39 Å². The number of aliphatic hydroxyl groups is 3. The van der Waals surface area contributed by atoms with Gasteiger partial charge in [-0.2, -0.15) is 0 Å². The van der Waals surface area contributed by atoms with Gasteiger partial charge in [-0.05, 0) is 64.2 Å². The number of carbonyl (C=O) groups is 2. The van der Waals surface area contributed by atoms with E-state index in [4.69, 9.17) is 11.1 Å². The zero-order chi connectivity index (χ0) is 29.1. The van der Waals surface area contributed by atoms with Crippen molar-refractivity contribution in [2.75, 3.05) is 20.6 Å². The number of halogens is 1. The van der Waals surface area contributed by atoms with E-state index in [1.54, 1.807) is 14.1 Å². The summed E-state index contributed by atoms with van der Waals surface area (Å²) in [5.41, 5.74) is 1.21. The third-order valence-corrected chi connectivity index (χ3v) is 9.27. The fourth-order valence-corrected chi connectivity index (χ4v) is 7.31. The molecule has 5 rings (SSSR count). The topological polar surface area (TPSA) is 180 Å². The van der Waals surface area contributed by atoms with Crippen LogP contribution in [0.3, 0.4) is 0 Å². The quantitative estimate of drug-likeness (QED) is 0.279. The summed E-state index contributed by atoms with van der Waals surface area (Å²) in [6.45, 7) is 0.887. The highest BCUT2D eigenvalue weighted by atomic mass is 19.1. The Kier molecular flexibility index (Phi) is 7.26. The van der Waals surface area contributed by atoms with Crippen LogP contribution in [0.15, 0.2) is 23.0 Å². The summed E-state index contributed by atoms with van der Waals surface area (Å²) in [6, 6.07) is 0.208. The number of likely N-dealkylation sites (N-methyl/N-ethyl adjacent to an activating group) is 1. The number of Topliss-reactive ketones (excluding diaryl/α,β-unsaturated/α-hetero) is 1. The number of rotatable bonds is 6. The van der Waals surface area contributed by atoms with Crippen LogP contribution < -0.4 is 11.1 Å². The highest BCUT2D eigenvalue weighted by molar-refractivity contribution is 6.33. The molecular formula is C29H37FN4O6. The second kappa shape index (κ2) is 10.3. The number of nitrogens with two attached hydrogens (primary N) is 1. The van der Waals surface area contributed by atoms with E-state index in [0.717, 1.165) is 19.4 Å². The Morgan fingerprint density at radius 3 is 2.52 bits per heavy atom. The third kappa shape index (κ3) is 4.22. The molecule has 11 heteroatoms. The molecule has 0 aliphatic heterocycles. The predicted molar refractivity (Wildman–Crippen MR) is 145 cm³/mol. The largest absolute Gasteiger partial charge is 0.510 e. The fourth-order valence-electron chi connectivity index (χ4n) is 7.31. The lowest BCUT2D eigenvalue weighted by atomic mass is 9.57. The molecule has 216 valence electrons. The highest BCUT2D eigenvalue weighted by Gasteiger charge is 2.63. The van der Waals surface area contributed by atoms with Crippen molar-refractivity contribution in [1.82, 2.24) is 10.2 Å². The molecule has 0 radical (unpaired) electrons. The van der Waals surface area contributed by atoms with E-state index in [-0.39, 0.29) is 47.4 Å². The van der Waals surface area contributed by atoms with Gasteiger partial charge in [0.15, 0.2) is 5.60 Å². The molecule has 0 heterocycles. The SMILES string of the molecule is CN(C)[C@@H]1C(O)=C(C(N)=O)C(=N)[C@@]2(O)C(=O)C3=C(O)c4c(O)c(CNCC5CCCCC5)cc(F)c4C[C@H]3C[C@@H]12. The molecule has 1 amide bonds. The molecule has 4 aliphatic carbocycles. The Labute approximate surface area is 231 Å². The molecule has 10 nitrogen and oxygen atoms in total. The Bertz CT molecular complexity index is 1350. The fraction of sp³-hybridized carbons (Fsp3) is 0.552. The average Bonchev–Trinajstić information content (AvgIpc) is 2.89. The minimum Gasteiger partial charge on any atom is -0.510 e. The first kappa shape index (κ1) is 28.3. The molecule has 0 unspecified atom stereocenters.